The molecule has 0 spiro atoms. The number of methoxy groups -OCH3 is 1. The van der Waals surface area contributed by atoms with Crippen molar-refractivity contribution >= 4 is 11.9 Å². The molecule has 0 radical (unpaired) electrons. The van der Waals surface area contributed by atoms with Crippen LogP contribution in [0.5, 0.6) is 0 Å². The van der Waals surface area contributed by atoms with E-state index in [-0.39, 0.29) is 12.2 Å². The van der Waals surface area contributed by atoms with Crippen molar-refractivity contribution in [1.29, 1.82) is 5.26 Å². The standard InChI is InChI=1S/C10H12N2O4/c1-7(13)12-10(9(14)15-2)5-3-4-8(6-11)16-10/h4H,3,5H2,1-2H3,(H,12,13)/t10-/m0/s1. The van der Waals surface area contributed by atoms with Gasteiger partial charge in [-0.25, -0.2) is 4.79 Å². The molecule has 0 bridgehead atoms. The summed E-state index contributed by atoms with van der Waals surface area (Å²) in [6.07, 6.45) is 2.26. The number of nitriles is 1. The van der Waals surface area contributed by atoms with Gasteiger partial charge in [0.25, 0.3) is 5.72 Å². The number of rotatable bonds is 2. The molecule has 0 saturated carbocycles. The van der Waals surface area contributed by atoms with Gasteiger partial charge in [-0.15, -0.1) is 0 Å². The molecule has 1 aliphatic heterocycles. The van der Waals surface area contributed by atoms with E-state index in [1.165, 1.54) is 14.0 Å². The van der Waals surface area contributed by atoms with Crippen LogP contribution in [0.4, 0.5) is 0 Å². The van der Waals surface area contributed by atoms with Gasteiger partial charge in [0.2, 0.25) is 5.91 Å². The summed E-state index contributed by atoms with van der Waals surface area (Å²) in [4.78, 5) is 22.6. The molecule has 0 fully saturated rings. The Morgan fingerprint density at radius 1 is 1.69 bits per heavy atom. The second-order valence-corrected chi connectivity index (χ2v) is 3.32. The largest absolute Gasteiger partial charge is 0.465 e. The van der Waals surface area contributed by atoms with Gasteiger partial charge >= 0.3 is 5.97 Å². The van der Waals surface area contributed by atoms with Gasteiger partial charge in [-0.3, -0.25) is 4.79 Å². The van der Waals surface area contributed by atoms with E-state index >= 15 is 0 Å². The zero-order chi connectivity index (χ0) is 12.2. The Kier molecular flexibility index (Phi) is 3.51. The normalized spacial score (nSPS) is 23.4. The van der Waals surface area contributed by atoms with Crippen LogP contribution in [0, 0.1) is 11.3 Å². The van der Waals surface area contributed by atoms with Gasteiger partial charge in [-0.05, 0) is 12.5 Å². The van der Waals surface area contributed by atoms with E-state index in [9.17, 15) is 9.59 Å². The van der Waals surface area contributed by atoms with Gasteiger partial charge in [-0.1, -0.05) is 0 Å². The second kappa shape index (κ2) is 4.66. The molecule has 1 N–H and O–H groups in total. The molecule has 1 aliphatic rings. The molecular weight excluding hydrogens is 212 g/mol. The van der Waals surface area contributed by atoms with E-state index in [0.717, 1.165) is 0 Å². The highest BCUT2D eigenvalue weighted by Crippen LogP contribution is 2.26. The van der Waals surface area contributed by atoms with Crippen LogP contribution < -0.4 is 5.32 Å². The maximum Gasteiger partial charge on any atom is 0.372 e. The van der Waals surface area contributed by atoms with Crippen LogP contribution in [0.25, 0.3) is 0 Å². The highest BCUT2D eigenvalue weighted by atomic mass is 16.6. The first-order valence-corrected chi connectivity index (χ1v) is 4.70. The van der Waals surface area contributed by atoms with Crippen molar-refractivity contribution in [3.05, 3.63) is 11.8 Å². The second-order valence-electron chi connectivity index (χ2n) is 3.32. The topological polar surface area (TPSA) is 88.4 Å². The molecule has 0 aliphatic carbocycles. The van der Waals surface area contributed by atoms with Gasteiger partial charge in [0, 0.05) is 13.3 Å². The van der Waals surface area contributed by atoms with E-state index in [1.54, 1.807) is 12.1 Å². The number of carbonyl (C=O) groups excluding carboxylic acids is 2. The quantitative estimate of drug-likeness (QED) is 0.677. The Hall–Kier alpha value is -2.03. The van der Waals surface area contributed by atoms with Crippen LogP contribution >= 0.6 is 0 Å². The Balaban J connectivity index is 2.98. The fourth-order valence-electron chi connectivity index (χ4n) is 1.49. The number of allylic oxidation sites excluding steroid dienone is 2. The number of hydrogen-bond acceptors (Lipinski definition) is 5. The Labute approximate surface area is 92.8 Å². The average Bonchev–Trinajstić information content (AvgIpc) is 2.27. The van der Waals surface area contributed by atoms with Crippen molar-refractivity contribution in [3.8, 4) is 6.07 Å². The molecule has 6 heteroatoms. The van der Waals surface area contributed by atoms with Crippen molar-refractivity contribution in [1.82, 2.24) is 5.32 Å². The van der Waals surface area contributed by atoms with Crippen LogP contribution in [0.1, 0.15) is 19.8 Å². The molecule has 0 aromatic heterocycles. The van der Waals surface area contributed by atoms with Gasteiger partial charge in [0.1, 0.15) is 6.07 Å². The Bertz CT molecular complexity index is 383. The SMILES string of the molecule is COC(=O)[C@]1(NC(C)=O)CCC=C(C#N)O1. The summed E-state index contributed by atoms with van der Waals surface area (Å²) in [5.41, 5.74) is -1.57. The summed E-state index contributed by atoms with van der Waals surface area (Å²) < 4.78 is 9.75. The smallest absolute Gasteiger partial charge is 0.372 e. The van der Waals surface area contributed by atoms with Crippen LogP contribution in [0.3, 0.4) is 0 Å². The van der Waals surface area contributed by atoms with Crippen molar-refractivity contribution < 1.29 is 19.1 Å². The Morgan fingerprint density at radius 2 is 2.38 bits per heavy atom. The molecule has 0 aromatic rings. The van der Waals surface area contributed by atoms with Gasteiger partial charge in [0.05, 0.1) is 7.11 Å². The zero-order valence-electron chi connectivity index (χ0n) is 9.07. The summed E-state index contributed by atoms with van der Waals surface area (Å²) >= 11 is 0. The van der Waals surface area contributed by atoms with Gasteiger partial charge in [0.15, 0.2) is 5.76 Å². The summed E-state index contributed by atoms with van der Waals surface area (Å²) in [7, 11) is 1.19. The number of nitrogens with zero attached hydrogens (tertiary/aromatic N) is 1. The Morgan fingerprint density at radius 3 is 2.88 bits per heavy atom. The molecule has 0 aromatic carbocycles. The number of carbonyl (C=O) groups is 2. The number of ether oxygens (including phenoxy) is 2. The van der Waals surface area contributed by atoms with Gasteiger partial charge < -0.3 is 14.8 Å². The highest BCUT2D eigenvalue weighted by Gasteiger charge is 2.45. The fraction of sp³-hybridized carbons (Fsp3) is 0.500. The lowest BCUT2D eigenvalue weighted by Gasteiger charge is -2.33. The molecule has 16 heavy (non-hydrogen) atoms. The number of nitrogens with one attached hydrogen (secondary N) is 1. The molecule has 0 unspecified atom stereocenters. The highest BCUT2D eigenvalue weighted by molar-refractivity contribution is 5.86. The molecule has 1 amide bonds. The fourth-order valence-corrected chi connectivity index (χ4v) is 1.49. The average molecular weight is 224 g/mol. The van der Waals surface area contributed by atoms with E-state index in [4.69, 9.17) is 10.00 Å². The summed E-state index contributed by atoms with van der Waals surface area (Å²) in [6, 6.07) is 1.79. The minimum Gasteiger partial charge on any atom is -0.465 e. The first-order chi connectivity index (χ1) is 7.54. The number of amides is 1. The lowest BCUT2D eigenvalue weighted by atomic mass is 10.0. The third-order valence-corrected chi connectivity index (χ3v) is 2.11. The third-order valence-electron chi connectivity index (χ3n) is 2.11. The van der Waals surface area contributed by atoms with Crippen LogP contribution in [0.15, 0.2) is 11.8 Å². The summed E-state index contributed by atoms with van der Waals surface area (Å²) in [5, 5.41) is 11.1. The first-order valence-electron chi connectivity index (χ1n) is 4.70. The minimum absolute atomic E-state index is 0.00500. The maximum absolute atomic E-state index is 11.6. The predicted octanol–water partition coefficient (Wildman–Crippen LogP) is 0.210. The van der Waals surface area contributed by atoms with Crippen LogP contribution in [-0.2, 0) is 19.1 Å². The molecule has 6 nitrogen and oxygen atoms in total. The molecule has 0 saturated heterocycles. The molecular formula is C10H12N2O4. The van der Waals surface area contributed by atoms with Crippen molar-refractivity contribution in [2.45, 2.75) is 25.5 Å². The maximum atomic E-state index is 11.6. The van der Waals surface area contributed by atoms with E-state index in [1.807, 2.05) is 0 Å². The lowest BCUT2D eigenvalue weighted by molar-refractivity contribution is -0.173. The van der Waals surface area contributed by atoms with E-state index in [0.29, 0.717) is 6.42 Å². The van der Waals surface area contributed by atoms with Crippen LogP contribution in [0.2, 0.25) is 0 Å². The summed E-state index contributed by atoms with van der Waals surface area (Å²) in [6.45, 7) is 1.26. The number of hydrogen-bond donors (Lipinski definition) is 1. The third kappa shape index (κ3) is 2.31. The van der Waals surface area contributed by atoms with Crippen molar-refractivity contribution in [2.75, 3.05) is 7.11 Å². The van der Waals surface area contributed by atoms with Crippen molar-refractivity contribution in [3.63, 3.8) is 0 Å². The van der Waals surface area contributed by atoms with Crippen molar-refractivity contribution in [2.24, 2.45) is 0 Å². The van der Waals surface area contributed by atoms with Gasteiger partial charge in [-0.2, -0.15) is 5.26 Å². The molecule has 1 atom stereocenters. The molecule has 86 valence electrons. The van der Waals surface area contributed by atoms with E-state index in [2.05, 4.69) is 10.1 Å². The first kappa shape index (κ1) is 12.0. The number of esters is 1. The predicted molar refractivity (Wildman–Crippen MR) is 52.6 cm³/mol. The zero-order valence-corrected chi connectivity index (χ0v) is 9.07. The monoisotopic (exact) mass is 224 g/mol. The van der Waals surface area contributed by atoms with Crippen LogP contribution in [-0.4, -0.2) is 24.7 Å². The molecule has 1 rings (SSSR count). The molecule has 1 heterocycles. The summed E-state index contributed by atoms with van der Waals surface area (Å²) in [5.74, 6) is -1.14. The van der Waals surface area contributed by atoms with E-state index < -0.39 is 17.6 Å². The lowest BCUT2D eigenvalue weighted by Crippen LogP contribution is -2.57. The minimum atomic E-state index is -1.57.